The number of halogens is 1. The van der Waals surface area contributed by atoms with Crippen molar-refractivity contribution in [2.45, 2.75) is 51.3 Å². The third-order valence-electron chi connectivity index (χ3n) is 6.61. The molecule has 0 heterocycles. The number of rotatable bonds is 13. The second-order valence-electron chi connectivity index (χ2n) is 10.2. The van der Waals surface area contributed by atoms with E-state index in [0.717, 1.165) is 15.2 Å². The molecule has 2 rings (SSSR count). The van der Waals surface area contributed by atoms with Gasteiger partial charge in [-0.05, 0) is 94.7 Å². The summed E-state index contributed by atoms with van der Waals surface area (Å²) in [6.07, 6.45) is 0.500. The molecule has 0 radical (unpaired) electrons. The first kappa shape index (κ1) is 54.6. The standard InChI is InChI=1S/C15H24N2O4S.C12H17NO5S.C3H9N.2CO2.ClH/c1-7-16(4)14(18)10-17(5)22(19,20)15-11(2)8-13(21-6)9-12(15)3;1-9-5-11(17-4)6-10(2)12(9)19(15,16)13(3)7-18-8-14;1-3-4-2;2*2-1-3;/h8-9H,7,10H2,1-6H3;5-6,8H,7H2,1-4H3;4H,3H2,1-2H3;;;1H. The van der Waals surface area contributed by atoms with E-state index < -0.39 is 20.0 Å². The Hall–Kier alpha value is -4.19. The van der Waals surface area contributed by atoms with E-state index in [1.165, 1.54) is 33.2 Å². The maximum absolute atomic E-state index is 12.7. The summed E-state index contributed by atoms with van der Waals surface area (Å²) in [6.45, 7) is 12.0. The first-order valence-electron chi connectivity index (χ1n) is 14.9. The van der Waals surface area contributed by atoms with Crippen LogP contribution in [-0.4, -0.2) is 124 Å². The van der Waals surface area contributed by atoms with Crippen molar-refractivity contribution in [1.82, 2.24) is 18.8 Å². The smallest absolute Gasteiger partial charge is 0.373 e. The van der Waals surface area contributed by atoms with Crippen molar-refractivity contribution >= 4 is 57.1 Å². The first-order valence-corrected chi connectivity index (χ1v) is 17.8. The molecule has 0 saturated carbocycles. The second kappa shape index (κ2) is 28.4. The third kappa shape index (κ3) is 18.3. The van der Waals surface area contributed by atoms with Crippen molar-refractivity contribution in [1.29, 1.82) is 0 Å². The third-order valence-corrected chi connectivity index (χ3v) is 10.8. The number of amides is 1. The molecule has 20 heteroatoms. The van der Waals surface area contributed by atoms with E-state index in [-0.39, 0.29) is 60.2 Å². The molecule has 0 fully saturated rings. The molecule has 2 aromatic carbocycles. The molecule has 0 aliphatic heterocycles. The molecule has 0 saturated heterocycles. The number of aryl methyl sites for hydroxylation is 4. The van der Waals surface area contributed by atoms with Gasteiger partial charge in [0.2, 0.25) is 26.0 Å². The quantitative estimate of drug-likeness (QED) is 0.226. The fourth-order valence-electron chi connectivity index (χ4n) is 3.96. The van der Waals surface area contributed by atoms with Gasteiger partial charge in [0, 0.05) is 27.7 Å². The van der Waals surface area contributed by atoms with Crippen LogP contribution in [0.2, 0.25) is 0 Å². The van der Waals surface area contributed by atoms with Gasteiger partial charge in [-0.1, -0.05) is 6.92 Å². The Kier molecular flexibility index (Phi) is 29.8. The van der Waals surface area contributed by atoms with Gasteiger partial charge in [-0.3, -0.25) is 9.59 Å². The minimum absolute atomic E-state index is 0. The van der Waals surface area contributed by atoms with Gasteiger partial charge < -0.3 is 24.4 Å². The van der Waals surface area contributed by atoms with Gasteiger partial charge in [0.05, 0.1) is 30.6 Å². The summed E-state index contributed by atoms with van der Waals surface area (Å²) in [4.78, 5) is 56.5. The highest BCUT2D eigenvalue weighted by molar-refractivity contribution is 7.89. The van der Waals surface area contributed by atoms with Gasteiger partial charge in [0.25, 0.3) is 6.47 Å². The van der Waals surface area contributed by atoms with E-state index in [0.29, 0.717) is 40.3 Å². The van der Waals surface area contributed by atoms with Crippen molar-refractivity contribution in [2.24, 2.45) is 0 Å². The maximum atomic E-state index is 12.7. The van der Waals surface area contributed by atoms with Crippen LogP contribution in [0.4, 0.5) is 0 Å². The fraction of sp³-hybridized carbons (Fsp3) is 0.500. The lowest BCUT2D eigenvalue weighted by atomic mass is 10.1. The van der Waals surface area contributed by atoms with Gasteiger partial charge in [-0.15, -0.1) is 12.4 Å². The number of carbonyl (C=O) groups excluding carboxylic acids is 6. The minimum Gasteiger partial charge on any atom is -0.497 e. The Morgan fingerprint density at radius 2 is 1.06 bits per heavy atom. The molecule has 52 heavy (non-hydrogen) atoms. The molecule has 0 spiro atoms. The van der Waals surface area contributed by atoms with Crippen LogP contribution in [-0.2, 0) is 53.6 Å². The lowest BCUT2D eigenvalue weighted by molar-refractivity contribution is -0.193. The van der Waals surface area contributed by atoms with Gasteiger partial charge in [-0.25, -0.2) is 16.8 Å². The van der Waals surface area contributed by atoms with Crippen molar-refractivity contribution in [2.75, 3.05) is 68.8 Å². The number of carbonyl (C=O) groups is 2. The van der Waals surface area contributed by atoms with E-state index >= 15 is 0 Å². The average Bonchev–Trinajstić information content (AvgIpc) is 3.06. The van der Waals surface area contributed by atoms with E-state index in [4.69, 9.17) is 28.7 Å². The topological polar surface area (TPSA) is 220 Å². The first-order chi connectivity index (χ1) is 23.7. The Bertz CT molecular complexity index is 1620. The highest BCUT2D eigenvalue weighted by Gasteiger charge is 2.28. The number of likely N-dealkylation sites (N-methyl/N-ethyl adjacent to an activating group) is 2. The van der Waals surface area contributed by atoms with E-state index in [2.05, 4.69) is 17.0 Å². The highest BCUT2D eigenvalue weighted by atomic mass is 35.5. The summed E-state index contributed by atoms with van der Waals surface area (Å²) in [7, 11) is 1.96. The number of ether oxygens (including phenoxy) is 3. The van der Waals surface area contributed by atoms with Crippen LogP contribution in [0.25, 0.3) is 0 Å². The zero-order valence-electron chi connectivity index (χ0n) is 31.6. The van der Waals surface area contributed by atoms with Crippen LogP contribution >= 0.6 is 12.4 Å². The number of nitrogens with zero attached hydrogens (tertiary/aromatic N) is 3. The van der Waals surface area contributed by atoms with Crippen LogP contribution in [0.1, 0.15) is 36.1 Å². The van der Waals surface area contributed by atoms with Gasteiger partial charge >= 0.3 is 12.3 Å². The molecule has 1 amide bonds. The molecular weight excluding hydrogens is 748 g/mol. The van der Waals surface area contributed by atoms with Gasteiger partial charge in [0.15, 0.2) is 6.73 Å². The predicted molar refractivity (Wildman–Crippen MR) is 192 cm³/mol. The van der Waals surface area contributed by atoms with Crippen LogP contribution in [0.5, 0.6) is 11.5 Å². The zero-order chi connectivity index (χ0) is 40.5. The lowest BCUT2D eigenvalue weighted by Gasteiger charge is -2.22. The molecule has 0 aliphatic rings. The SMILES string of the molecule is CCN(C)C(=O)CN(C)S(=O)(=O)c1c(C)cc(OC)cc1C.CCNC.COc1cc(C)c(S(=O)(=O)N(C)COC=O)c(C)c1.Cl.O=C=O.O=C=O. The van der Waals surface area contributed by atoms with Crippen molar-refractivity contribution < 1.29 is 59.8 Å². The second-order valence-corrected chi connectivity index (χ2v) is 14.2. The Balaban J connectivity index is -0.000000349. The number of benzene rings is 2. The fourth-order valence-corrected chi connectivity index (χ4v) is 6.93. The largest absolute Gasteiger partial charge is 0.497 e. The Morgan fingerprint density at radius 3 is 1.31 bits per heavy atom. The number of sulfonamides is 2. The number of hydrogen-bond acceptors (Lipinski definition) is 14. The van der Waals surface area contributed by atoms with E-state index in [1.807, 2.05) is 14.0 Å². The summed E-state index contributed by atoms with van der Waals surface area (Å²) in [6, 6.07) is 6.64. The number of hydrogen-bond donors (Lipinski definition) is 1. The summed E-state index contributed by atoms with van der Waals surface area (Å²) in [5, 5.41) is 2.93. The monoisotopic (exact) mass is 798 g/mol. The molecule has 17 nitrogen and oxygen atoms in total. The van der Waals surface area contributed by atoms with E-state index in [1.54, 1.807) is 59.0 Å². The van der Waals surface area contributed by atoms with Gasteiger partial charge in [0.1, 0.15) is 11.5 Å². The highest BCUT2D eigenvalue weighted by Crippen LogP contribution is 2.29. The molecule has 0 aliphatic carbocycles. The normalized spacial score (nSPS) is 9.96. The summed E-state index contributed by atoms with van der Waals surface area (Å²) in [5.74, 6) is 0.969. The molecule has 0 atom stereocenters. The van der Waals surface area contributed by atoms with Crippen molar-refractivity contribution in [3.05, 3.63) is 46.5 Å². The molecular formula is C32H51ClN4O13S2. The summed E-state index contributed by atoms with van der Waals surface area (Å²) in [5.41, 5.74) is 2.35. The maximum Gasteiger partial charge on any atom is 0.373 e. The Labute approximate surface area is 313 Å². The molecule has 0 unspecified atom stereocenters. The number of nitrogens with one attached hydrogen (secondary N) is 1. The molecule has 296 valence electrons. The van der Waals surface area contributed by atoms with Crippen LogP contribution < -0.4 is 14.8 Å². The van der Waals surface area contributed by atoms with E-state index in [9.17, 15) is 26.4 Å². The molecule has 2 aromatic rings. The molecule has 0 bridgehead atoms. The molecule has 1 N–H and O–H groups in total. The van der Waals surface area contributed by atoms with Crippen LogP contribution in [0.3, 0.4) is 0 Å². The lowest BCUT2D eigenvalue weighted by Crippen LogP contribution is -2.39. The zero-order valence-corrected chi connectivity index (χ0v) is 34.0. The molecule has 0 aromatic heterocycles. The Morgan fingerprint density at radius 1 is 0.750 bits per heavy atom. The van der Waals surface area contributed by atoms with Crippen LogP contribution in [0.15, 0.2) is 34.1 Å². The average molecular weight is 799 g/mol. The summed E-state index contributed by atoms with van der Waals surface area (Å²) >= 11 is 0. The van der Waals surface area contributed by atoms with Crippen LogP contribution in [0, 0.1) is 27.7 Å². The minimum atomic E-state index is -3.73. The van der Waals surface area contributed by atoms with Gasteiger partial charge in [-0.2, -0.15) is 27.8 Å². The predicted octanol–water partition coefficient (Wildman–Crippen LogP) is 1.95. The van der Waals surface area contributed by atoms with Crippen molar-refractivity contribution in [3.63, 3.8) is 0 Å². The number of methoxy groups -OCH3 is 2. The van der Waals surface area contributed by atoms with Crippen molar-refractivity contribution in [3.8, 4) is 11.5 Å². The summed E-state index contributed by atoms with van der Waals surface area (Å²) < 4.78 is 67.0.